The second-order valence-corrected chi connectivity index (χ2v) is 4.10. The molecule has 3 N–H and O–H groups in total. The van der Waals surface area contributed by atoms with Gasteiger partial charge in [-0.1, -0.05) is 0 Å². The van der Waals surface area contributed by atoms with Crippen LogP contribution in [0.15, 0.2) is 33.6 Å². The number of hydrogen-bond acceptors (Lipinski definition) is 4. The molecule has 2 rings (SSSR count). The Hall–Kier alpha value is -2.09. The minimum absolute atomic E-state index is 0.137. The Morgan fingerprint density at radius 1 is 1.44 bits per heavy atom. The third-order valence-electron chi connectivity index (χ3n) is 1.99. The van der Waals surface area contributed by atoms with E-state index >= 15 is 0 Å². The normalized spacial score (nSPS) is 10.1. The van der Waals surface area contributed by atoms with Gasteiger partial charge in [-0.2, -0.15) is 5.10 Å². The van der Waals surface area contributed by atoms with E-state index in [1.54, 1.807) is 6.07 Å². The highest BCUT2D eigenvalue weighted by Crippen LogP contribution is 2.13. The molecule has 0 atom stereocenters. The van der Waals surface area contributed by atoms with Crippen LogP contribution in [0.4, 0.5) is 5.69 Å². The number of furan rings is 1. The molecule has 2 aromatic heterocycles. The molecule has 0 unspecified atom stereocenters. The lowest BCUT2D eigenvalue weighted by molar-refractivity contribution is -0.115. The van der Waals surface area contributed by atoms with E-state index in [0.29, 0.717) is 10.4 Å². The fourth-order valence-corrected chi connectivity index (χ4v) is 1.51. The van der Waals surface area contributed by atoms with Gasteiger partial charge in [0.05, 0.1) is 18.4 Å². The van der Waals surface area contributed by atoms with Gasteiger partial charge in [0.2, 0.25) is 5.91 Å². The lowest BCUT2D eigenvalue weighted by Gasteiger charge is -2.03. The van der Waals surface area contributed by atoms with Crippen LogP contribution in [-0.2, 0) is 4.79 Å². The topological polar surface area (TPSA) is 100 Å². The number of carbonyl (C=O) groups excluding carboxylic acids is 2. The molecule has 0 bridgehead atoms. The van der Waals surface area contributed by atoms with E-state index in [4.69, 9.17) is 4.42 Å². The number of nitrogens with zero attached hydrogens (tertiary/aromatic N) is 1. The van der Waals surface area contributed by atoms with Crippen LogP contribution in [0, 0.1) is 0 Å². The highest BCUT2D eigenvalue weighted by atomic mass is 79.9. The minimum Gasteiger partial charge on any atom is -0.444 e. The van der Waals surface area contributed by atoms with Crippen LogP contribution in [0.2, 0.25) is 0 Å². The van der Waals surface area contributed by atoms with Gasteiger partial charge in [0.15, 0.2) is 10.4 Å². The number of aromatic amines is 1. The standard InChI is InChI=1S/C10H9BrN4O3/c11-8-2-1-7(18-8)10(17)12-5-9(16)15-6-3-13-14-4-6/h1-4H,5H2,(H,12,17)(H,13,14)(H,15,16). The van der Waals surface area contributed by atoms with Gasteiger partial charge >= 0.3 is 0 Å². The molecule has 2 heterocycles. The van der Waals surface area contributed by atoms with Crippen LogP contribution >= 0.6 is 15.9 Å². The number of anilines is 1. The summed E-state index contributed by atoms with van der Waals surface area (Å²) < 4.78 is 5.50. The highest BCUT2D eigenvalue weighted by molar-refractivity contribution is 9.10. The second-order valence-electron chi connectivity index (χ2n) is 3.32. The van der Waals surface area contributed by atoms with Crippen molar-refractivity contribution in [1.29, 1.82) is 0 Å². The molecule has 2 aromatic rings. The summed E-state index contributed by atoms with van der Waals surface area (Å²) in [5, 5.41) is 11.2. The average Bonchev–Trinajstić information content (AvgIpc) is 2.97. The minimum atomic E-state index is -0.456. The smallest absolute Gasteiger partial charge is 0.287 e. The van der Waals surface area contributed by atoms with Crippen molar-refractivity contribution in [2.45, 2.75) is 0 Å². The SMILES string of the molecule is O=C(CNC(=O)c1ccc(Br)o1)Nc1cn[nH]c1. The third kappa shape index (κ3) is 3.20. The molecule has 0 aliphatic rings. The monoisotopic (exact) mass is 312 g/mol. The summed E-state index contributed by atoms with van der Waals surface area (Å²) in [6.07, 6.45) is 2.99. The van der Waals surface area contributed by atoms with E-state index in [2.05, 4.69) is 36.8 Å². The summed E-state index contributed by atoms with van der Waals surface area (Å²) in [5.41, 5.74) is 0.537. The van der Waals surface area contributed by atoms with E-state index in [9.17, 15) is 9.59 Å². The zero-order chi connectivity index (χ0) is 13.0. The van der Waals surface area contributed by atoms with Crippen molar-refractivity contribution < 1.29 is 14.0 Å². The molecule has 0 saturated heterocycles. The largest absolute Gasteiger partial charge is 0.444 e. The Morgan fingerprint density at radius 3 is 2.89 bits per heavy atom. The maximum atomic E-state index is 11.5. The van der Waals surface area contributed by atoms with Gasteiger partial charge in [0.1, 0.15) is 0 Å². The quantitative estimate of drug-likeness (QED) is 0.788. The number of nitrogens with one attached hydrogen (secondary N) is 3. The number of halogens is 1. The summed E-state index contributed by atoms with van der Waals surface area (Å²) in [5.74, 6) is -0.670. The van der Waals surface area contributed by atoms with Gasteiger partial charge in [-0.3, -0.25) is 14.7 Å². The fraction of sp³-hybridized carbons (Fsp3) is 0.100. The van der Waals surface area contributed by atoms with Crippen LogP contribution < -0.4 is 10.6 Å². The first kappa shape index (κ1) is 12.4. The first-order valence-electron chi connectivity index (χ1n) is 4.97. The second kappa shape index (κ2) is 5.50. The Labute approximate surface area is 110 Å². The molecule has 0 fully saturated rings. The number of amides is 2. The van der Waals surface area contributed by atoms with Gasteiger partial charge in [-0.05, 0) is 28.1 Å². The van der Waals surface area contributed by atoms with Crippen LogP contribution in [0.25, 0.3) is 0 Å². The summed E-state index contributed by atoms with van der Waals surface area (Å²) in [6, 6.07) is 3.11. The Bertz CT molecular complexity index is 549. The first-order chi connectivity index (χ1) is 8.65. The highest BCUT2D eigenvalue weighted by Gasteiger charge is 2.11. The van der Waals surface area contributed by atoms with Crippen LogP contribution in [0.3, 0.4) is 0 Å². The molecule has 0 aliphatic carbocycles. The molecule has 0 aromatic carbocycles. The molecule has 7 nitrogen and oxygen atoms in total. The van der Waals surface area contributed by atoms with E-state index < -0.39 is 5.91 Å². The van der Waals surface area contributed by atoms with E-state index in [1.165, 1.54) is 18.5 Å². The van der Waals surface area contributed by atoms with Crippen LogP contribution in [0.1, 0.15) is 10.6 Å². The third-order valence-corrected chi connectivity index (χ3v) is 2.41. The van der Waals surface area contributed by atoms with Crippen molar-refractivity contribution in [3.05, 3.63) is 35.0 Å². The fourth-order valence-electron chi connectivity index (χ4n) is 1.21. The zero-order valence-corrected chi connectivity index (χ0v) is 10.7. The van der Waals surface area contributed by atoms with Crippen molar-refractivity contribution in [2.24, 2.45) is 0 Å². The van der Waals surface area contributed by atoms with Gasteiger partial charge < -0.3 is 15.1 Å². The predicted octanol–water partition coefficient (Wildman–Crippen LogP) is 1.13. The summed E-state index contributed by atoms with van der Waals surface area (Å²) in [7, 11) is 0. The predicted molar refractivity (Wildman–Crippen MR) is 66.0 cm³/mol. The van der Waals surface area contributed by atoms with Crippen molar-refractivity contribution in [2.75, 3.05) is 11.9 Å². The zero-order valence-electron chi connectivity index (χ0n) is 9.07. The van der Waals surface area contributed by atoms with E-state index in [1.807, 2.05) is 0 Å². The van der Waals surface area contributed by atoms with Crippen LogP contribution in [-0.4, -0.2) is 28.6 Å². The Morgan fingerprint density at radius 2 is 2.28 bits per heavy atom. The van der Waals surface area contributed by atoms with Crippen LogP contribution in [0.5, 0.6) is 0 Å². The van der Waals surface area contributed by atoms with Gasteiger partial charge in [0.25, 0.3) is 5.91 Å². The van der Waals surface area contributed by atoms with Gasteiger partial charge in [0, 0.05) is 6.20 Å². The molecule has 0 aliphatic heterocycles. The van der Waals surface area contributed by atoms with Crippen molar-refractivity contribution in [3.8, 4) is 0 Å². The summed E-state index contributed by atoms with van der Waals surface area (Å²) in [4.78, 5) is 23.0. The first-order valence-corrected chi connectivity index (χ1v) is 5.76. The number of hydrogen-bond donors (Lipinski definition) is 3. The van der Waals surface area contributed by atoms with Gasteiger partial charge in [-0.15, -0.1) is 0 Å². The number of aromatic nitrogens is 2. The Kier molecular flexibility index (Phi) is 3.78. The average molecular weight is 313 g/mol. The molecule has 0 spiro atoms. The van der Waals surface area contributed by atoms with Crippen molar-refractivity contribution in [3.63, 3.8) is 0 Å². The molecule has 0 saturated carbocycles. The summed E-state index contributed by atoms with van der Waals surface area (Å²) >= 11 is 3.08. The molecular formula is C10H9BrN4O3. The number of H-pyrrole nitrogens is 1. The summed E-state index contributed by atoms with van der Waals surface area (Å²) in [6.45, 7) is -0.150. The molecule has 2 amide bonds. The van der Waals surface area contributed by atoms with E-state index in [-0.39, 0.29) is 18.2 Å². The molecule has 0 radical (unpaired) electrons. The lowest BCUT2D eigenvalue weighted by atomic mass is 10.4. The van der Waals surface area contributed by atoms with Gasteiger partial charge in [-0.25, -0.2) is 0 Å². The maximum absolute atomic E-state index is 11.5. The molecule has 94 valence electrons. The number of carbonyl (C=O) groups is 2. The molecular weight excluding hydrogens is 304 g/mol. The Balaban J connectivity index is 1.81. The van der Waals surface area contributed by atoms with Crippen molar-refractivity contribution in [1.82, 2.24) is 15.5 Å². The maximum Gasteiger partial charge on any atom is 0.287 e. The van der Waals surface area contributed by atoms with Crippen molar-refractivity contribution >= 4 is 33.4 Å². The number of rotatable bonds is 4. The molecule has 18 heavy (non-hydrogen) atoms. The van der Waals surface area contributed by atoms with E-state index in [0.717, 1.165) is 0 Å². The molecule has 8 heteroatoms. The lowest BCUT2D eigenvalue weighted by Crippen LogP contribution is -2.32.